The lowest BCUT2D eigenvalue weighted by atomic mass is 10.2. The van der Waals surface area contributed by atoms with E-state index >= 15 is 0 Å². The van der Waals surface area contributed by atoms with E-state index in [9.17, 15) is 9.59 Å². The Bertz CT molecular complexity index is 641. The second-order valence-electron chi connectivity index (χ2n) is 4.90. The van der Waals surface area contributed by atoms with Crippen LogP contribution in [0, 0.1) is 0 Å². The van der Waals surface area contributed by atoms with Crippen LogP contribution in [-0.4, -0.2) is 30.3 Å². The molecule has 1 aromatic heterocycles. The quantitative estimate of drug-likeness (QED) is 0.890. The van der Waals surface area contributed by atoms with Crippen molar-refractivity contribution in [2.24, 2.45) is 0 Å². The summed E-state index contributed by atoms with van der Waals surface area (Å²) in [5, 5.41) is 3.32. The number of halogens is 1. The molecular formula is C16H17ClN2O3. The van der Waals surface area contributed by atoms with Gasteiger partial charge in [-0.25, -0.2) is 0 Å². The van der Waals surface area contributed by atoms with E-state index in [0.717, 1.165) is 5.56 Å². The monoisotopic (exact) mass is 320 g/mol. The highest BCUT2D eigenvalue weighted by Crippen LogP contribution is 2.12. The first-order valence-corrected chi connectivity index (χ1v) is 7.23. The van der Waals surface area contributed by atoms with Gasteiger partial charge in [0.1, 0.15) is 6.26 Å². The SMILES string of the molecule is CN(Cc1cccc(Cl)c1)C(=O)CCNC(=O)c1ccoc1. The molecule has 6 heteroatoms. The van der Waals surface area contributed by atoms with Crippen molar-refractivity contribution in [3.8, 4) is 0 Å². The normalized spacial score (nSPS) is 10.3. The van der Waals surface area contributed by atoms with Crippen molar-refractivity contribution in [3.05, 3.63) is 59.0 Å². The summed E-state index contributed by atoms with van der Waals surface area (Å²) in [4.78, 5) is 25.3. The maximum Gasteiger partial charge on any atom is 0.254 e. The predicted molar refractivity (Wildman–Crippen MR) is 83.6 cm³/mol. The summed E-state index contributed by atoms with van der Waals surface area (Å²) in [6, 6.07) is 8.95. The van der Waals surface area contributed by atoms with Gasteiger partial charge in [-0.15, -0.1) is 0 Å². The number of nitrogens with one attached hydrogen (secondary N) is 1. The molecule has 2 aromatic rings. The second kappa shape index (κ2) is 7.66. The van der Waals surface area contributed by atoms with E-state index in [0.29, 0.717) is 17.1 Å². The van der Waals surface area contributed by atoms with Crippen LogP contribution >= 0.6 is 11.6 Å². The molecule has 0 spiro atoms. The molecule has 0 aliphatic heterocycles. The fraction of sp³-hybridized carbons (Fsp3) is 0.250. The smallest absolute Gasteiger partial charge is 0.254 e. The van der Waals surface area contributed by atoms with Crippen molar-refractivity contribution < 1.29 is 14.0 Å². The van der Waals surface area contributed by atoms with Crippen LogP contribution in [0.25, 0.3) is 0 Å². The van der Waals surface area contributed by atoms with Crippen LogP contribution < -0.4 is 5.32 Å². The molecule has 2 amide bonds. The largest absolute Gasteiger partial charge is 0.472 e. The Hall–Kier alpha value is -2.27. The second-order valence-corrected chi connectivity index (χ2v) is 5.33. The zero-order valence-electron chi connectivity index (χ0n) is 12.2. The maximum atomic E-state index is 12.0. The molecule has 0 saturated carbocycles. The minimum atomic E-state index is -0.251. The van der Waals surface area contributed by atoms with Gasteiger partial charge in [-0.2, -0.15) is 0 Å². The van der Waals surface area contributed by atoms with E-state index < -0.39 is 0 Å². The van der Waals surface area contributed by atoms with Crippen LogP contribution in [0.3, 0.4) is 0 Å². The average molecular weight is 321 g/mol. The van der Waals surface area contributed by atoms with Gasteiger partial charge in [0, 0.05) is 31.6 Å². The third kappa shape index (κ3) is 4.63. The van der Waals surface area contributed by atoms with Gasteiger partial charge >= 0.3 is 0 Å². The first-order chi connectivity index (χ1) is 10.6. The summed E-state index contributed by atoms with van der Waals surface area (Å²) in [6.45, 7) is 0.762. The minimum Gasteiger partial charge on any atom is -0.472 e. The molecule has 0 aliphatic rings. The molecule has 0 bridgehead atoms. The molecule has 2 rings (SSSR count). The molecular weight excluding hydrogens is 304 g/mol. The number of benzene rings is 1. The van der Waals surface area contributed by atoms with Crippen LogP contribution in [0.5, 0.6) is 0 Å². The van der Waals surface area contributed by atoms with Gasteiger partial charge in [-0.3, -0.25) is 9.59 Å². The van der Waals surface area contributed by atoms with Crippen LogP contribution in [0.15, 0.2) is 47.3 Å². The van der Waals surface area contributed by atoms with Crippen LogP contribution in [0.4, 0.5) is 0 Å². The Morgan fingerprint density at radius 1 is 1.32 bits per heavy atom. The number of nitrogens with zero attached hydrogens (tertiary/aromatic N) is 1. The lowest BCUT2D eigenvalue weighted by Gasteiger charge is -2.17. The molecule has 0 fully saturated rings. The van der Waals surface area contributed by atoms with E-state index in [-0.39, 0.29) is 24.8 Å². The number of hydrogen-bond donors (Lipinski definition) is 1. The Labute approximate surface area is 133 Å². The van der Waals surface area contributed by atoms with Gasteiger partial charge in [0.25, 0.3) is 5.91 Å². The minimum absolute atomic E-state index is 0.0486. The maximum absolute atomic E-state index is 12.0. The fourth-order valence-electron chi connectivity index (χ4n) is 1.97. The number of furan rings is 1. The lowest BCUT2D eigenvalue weighted by molar-refractivity contribution is -0.130. The van der Waals surface area contributed by atoms with Gasteiger partial charge in [0.2, 0.25) is 5.91 Å². The number of carbonyl (C=O) groups excluding carboxylic acids is 2. The molecule has 116 valence electrons. The van der Waals surface area contributed by atoms with Crippen molar-refractivity contribution in [2.45, 2.75) is 13.0 Å². The highest BCUT2D eigenvalue weighted by molar-refractivity contribution is 6.30. The zero-order chi connectivity index (χ0) is 15.9. The Morgan fingerprint density at radius 2 is 2.14 bits per heavy atom. The lowest BCUT2D eigenvalue weighted by Crippen LogP contribution is -2.31. The van der Waals surface area contributed by atoms with Crippen molar-refractivity contribution in [2.75, 3.05) is 13.6 Å². The van der Waals surface area contributed by atoms with Crippen molar-refractivity contribution in [1.29, 1.82) is 0 Å². The molecule has 1 N–H and O–H groups in total. The predicted octanol–water partition coefficient (Wildman–Crippen LogP) is 2.71. The molecule has 0 radical (unpaired) electrons. The third-order valence-electron chi connectivity index (χ3n) is 3.14. The van der Waals surface area contributed by atoms with Gasteiger partial charge in [0.05, 0.1) is 11.8 Å². The summed E-state index contributed by atoms with van der Waals surface area (Å²) in [5.41, 5.74) is 1.41. The molecule has 0 unspecified atom stereocenters. The zero-order valence-corrected chi connectivity index (χ0v) is 13.0. The van der Waals surface area contributed by atoms with Crippen molar-refractivity contribution in [3.63, 3.8) is 0 Å². The highest BCUT2D eigenvalue weighted by atomic mass is 35.5. The summed E-state index contributed by atoms with van der Waals surface area (Å²) < 4.78 is 4.83. The first kappa shape index (κ1) is 16.1. The third-order valence-corrected chi connectivity index (χ3v) is 3.38. The number of hydrogen-bond acceptors (Lipinski definition) is 3. The van der Waals surface area contributed by atoms with Crippen molar-refractivity contribution >= 4 is 23.4 Å². The van der Waals surface area contributed by atoms with Gasteiger partial charge in [0.15, 0.2) is 0 Å². The average Bonchev–Trinajstić information content (AvgIpc) is 3.01. The van der Waals surface area contributed by atoms with E-state index in [4.69, 9.17) is 16.0 Å². The molecule has 0 atom stereocenters. The van der Waals surface area contributed by atoms with Crippen LogP contribution in [0.1, 0.15) is 22.3 Å². The van der Waals surface area contributed by atoms with E-state index in [1.165, 1.54) is 12.5 Å². The number of amides is 2. The number of carbonyl (C=O) groups is 2. The number of rotatable bonds is 6. The Balaban J connectivity index is 1.76. The summed E-state index contributed by atoms with van der Waals surface area (Å²) in [6.07, 6.45) is 3.03. The molecule has 5 nitrogen and oxygen atoms in total. The molecule has 0 saturated heterocycles. The molecule has 0 aliphatic carbocycles. The van der Waals surface area contributed by atoms with Crippen LogP contribution in [-0.2, 0) is 11.3 Å². The molecule has 1 aromatic carbocycles. The van der Waals surface area contributed by atoms with Gasteiger partial charge in [-0.1, -0.05) is 23.7 Å². The fourth-order valence-corrected chi connectivity index (χ4v) is 2.18. The van der Waals surface area contributed by atoms with Crippen molar-refractivity contribution in [1.82, 2.24) is 10.2 Å². The van der Waals surface area contributed by atoms with Gasteiger partial charge in [-0.05, 0) is 23.8 Å². The summed E-state index contributed by atoms with van der Waals surface area (Å²) in [5.74, 6) is -0.300. The Kier molecular flexibility index (Phi) is 5.61. The standard InChI is InChI=1S/C16H17ClN2O3/c1-19(10-12-3-2-4-14(17)9-12)15(20)5-7-18-16(21)13-6-8-22-11-13/h2-4,6,8-9,11H,5,7,10H2,1H3,(H,18,21). The summed E-state index contributed by atoms with van der Waals surface area (Å²) >= 11 is 5.92. The topological polar surface area (TPSA) is 62.6 Å². The molecule has 1 heterocycles. The van der Waals surface area contributed by atoms with E-state index in [2.05, 4.69) is 5.32 Å². The van der Waals surface area contributed by atoms with Crippen LogP contribution in [0.2, 0.25) is 5.02 Å². The summed E-state index contributed by atoms with van der Waals surface area (Å²) in [7, 11) is 1.72. The van der Waals surface area contributed by atoms with E-state index in [1.807, 2.05) is 18.2 Å². The highest BCUT2D eigenvalue weighted by Gasteiger charge is 2.11. The first-order valence-electron chi connectivity index (χ1n) is 6.85. The van der Waals surface area contributed by atoms with Gasteiger partial charge < -0.3 is 14.6 Å². The molecule has 22 heavy (non-hydrogen) atoms. The van der Waals surface area contributed by atoms with E-state index in [1.54, 1.807) is 24.1 Å². The Morgan fingerprint density at radius 3 is 2.82 bits per heavy atom.